The predicted molar refractivity (Wildman–Crippen MR) is 92.1 cm³/mol. The van der Waals surface area contributed by atoms with Gasteiger partial charge in [-0.25, -0.2) is 4.79 Å². The van der Waals surface area contributed by atoms with E-state index in [2.05, 4.69) is 10.3 Å². The van der Waals surface area contributed by atoms with Crippen LogP contribution in [0.2, 0.25) is 0 Å². The normalized spacial score (nSPS) is 12.2. The van der Waals surface area contributed by atoms with Crippen molar-refractivity contribution in [2.75, 3.05) is 20.6 Å². The van der Waals surface area contributed by atoms with Crippen molar-refractivity contribution in [2.24, 2.45) is 7.05 Å². The van der Waals surface area contributed by atoms with Gasteiger partial charge in [0.25, 0.3) is 11.5 Å². The molecule has 0 bridgehead atoms. The van der Waals surface area contributed by atoms with Crippen molar-refractivity contribution in [1.29, 1.82) is 0 Å². The number of nitrogens with one attached hydrogen (secondary N) is 2. The Balaban J connectivity index is 2.26. The van der Waals surface area contributed by atoms with Crippen LogP contribution >= 0.6 is 0 Å². The van der Waals surface area contributed by atoms with Gasteiger partial charge in [0.2, 0.25) is 0 Å². The number of hydrogen-bond acceptors (Lipinski definition) is 4. The lowest BCUT2D eigenvalue weighted by Gasteiger charge is -2.21. The number of carbonyl (C=O) groups is 1. The number of rotatable bonds is 6. The Hall–Kier alpha value is -2.67. The number of aromatic nitrogens is 2. The Bertz CT molecular complexity index is 809. The van der Waals surface area contributed by atoms with Gasteiger partial charge in [0.1, 0.15) is 5.56 Å². The number of hydrogen-bond donors (Lipinski definition) is 2. The quantitative estimate of drug-likeness (QED) is 0.807. The summed E-state index contributed by atoms with van der Waals surface area (Å²) in [6.45, 7) is 0.781. The SMILES string of the molecule is CN(C)CCC(NC(=O)c1cn(C)c(=O)[nH]c1=O)c1ccccc1. The molecule has 2 rings (SSSR count). The average molecular weight is 330 g/mol. The summed E-state index contributed by atoms with van der Waals surface area (Å²) in [7, 11) is 5.40. The van der Waals surface area contributed by atoms with E-state index in [9.17, 15) is 14.4 Å². The van der Waals surface area contributed by atoms with Crippen molar-refractivity contribution >= 4 is 5.91 Å². The van der Waals surface area contributed by atoms with Crippen molar-refractivity contribution in [3.05, 3.63) is 68.5 Å². The molecule has 0 aliphatic heterocycles. The lowest BCUT2D eigenvalue weighted by molar-refractivity contribution is 0.0930. The second kappa shape index (κ2) is 7.74. The third-order valence-corrected chi connectivity index (χ3v) is 3.73. The van der Waals surface area contributed by atoms with Gasteiger partial charge in [-0.3, -0.25) is 14.6 Å². The van der Waals surface area contributed by atoms with Crippen LogP contribution in [0.3, 0.4) is 0 Å². The van der Waals surface area contributed by atoms with E-state index in [4.69, 9.17) is 0 Å². The molecule has 7 nitrogen and oxygen atoms in total. The van der Waals surface area contributed by atoms with E-state index < -0.39 is 17.2 Å². The van der Waals surface area contributed by atoms with E-state index >= 15 is 0 Å². The van der Waals surface area contributed by atoms with E-state index in [-0.39, 0.29) is 11.6 Å². The molecule has 0 saturated heterocycles. The van der Waals surface area contributed by atoms with Crippen molar-refractivity contribution in [3.8, 4) is 0 Å². The molecule has 1 atom stereocenters. The Labute approximate surface area is 139 Å². The number of aromatic amines is 1. The van der Waals surface area contributed by atoms with Gasteiger partial charge >= 0.3 is 5.69 Å². The van der Waals surface area contributed by atoms with Gasteiger partial charge in [-0.1, -0.05) is 30.3 Å². The molecule has 1 unspecified atom stereocenters. The number of amides is 1. The monoisotopic (exact) mass is 330 g/mol. The van der Waals surface area contributed by atoms with Gasteiger partial charge in [-0.15, -0.1) is 0 Å². The lowest BCUT2D eigenvalue weighted by atomic mass is 10.0. The summed E-state index contributed by atoms with van der Waals surface area (Å²) in [4.78, 5) is 39.9. The first-order valence-electron chi connectivity index (χ1n) is 7.69. The summed E-state index contributed by atoms with van der Waals surface area (Å²) in [5.41, 5.74) is -0.351. The summed E-state index contributed by atoms with van der Waals surface area (Å²) in [5.74, 6) is -0.501. The van der Waals surface area contributed by atoms with Gasteiger partial charge in [0.05, 0.1) is 6.04 Å². The minimum Gasteiger partial charge on any atom is -0.345 e. The molecule has 0 spiro atoms. The maximum atomic E-state index is 12.5. The molecule has 0 aliphatic rings. The van der Waals surface area contributed by atoms with Crippen LogP contribution in [0, 0.1) is 0 Å². The zero-order valence-corrected chi connectivity index (χ0v) is 14.1. The minimum atomic E-state index is -0.685. The van der Waals surface area contributed by atoms with Gasteiger partial charge in [-0.2, -0.15) is 0 Å². The molecule has 2 aromatic rings. The largest absolute Gasteiger partial charge is 0.345 e. The number of benzene rings is 1. The van der Waals surface area contributed by atoms with Crippen LogP contribution in [0.15, 0.2) is 46.1 Å². The van der Waals surface area contributed by atoms with E-state index in [0.717, 1.165) is 12.1 Å². The van der Waals surface area contributed by atoms with Crippen LogP contribution in [0.4, 0.5) is 0 Å². The number of H-pyrrole nitrogens is 1. The summed E-state index contributed by atoms with van der Waals surface area (Å²) in [6.07, 6.45) is 1.96. The molecular weight excluding hydrogens is 308 g/mol. The molecule has 0 saturated carbocycles. The summed E-state index contributed by atoms with van der Waals surface area (Å²) < 4.78 is 1.17. The molecule has 1 aromatic carbocycles. The fraction of sp³-hybridized carbons (Fsp3) is 0.353. The number of carbonyl (C=O) groups excluding carboxylic acids is 1. The van der Waals surface area contributed by atoms with Crippen LogP contribution in [-0.4, -0.2) is 41.0 Å². The van der Waals surface area contributed by atoms with Crippen molar-refractivity contribution in [3.63, 3.8) is 0 Å². The highest BCUT2D eigenvalue weighted by atomic mass is 16.2. The Morgan fingerprint density at radius 2 is 1.92 bits per heavy atom. The molecule has 1 amide bonds. The van der Waals surface area contributed by atoms with Crippen molar-refractivity contribution < 1.29 is 4.79 Å². The van der Waals surface area contributed by atoms with E-state index in [0.29, 0.717) is 6.42 Å². The van der Waals surface area contributed by atoms with Gasteiger partial charge in [0.15, 0.2) is 0 Å². The first-order chi connectivity index (χ1) is 11.4. The maximum Gasteiger partial charge on any atom is 0.328 e. The topological polar surface area (TPSA) is 87.2 Å². The zero-order valence-electron chi connectivity index (χ0n) is 14.1. The highest BCUT2D eigenvalue weighted by Crippen LogP contribution is 2.17. The van der Waals surface area contributed by atoms with Crippen LogP contribution in [0.1, 0.15) is 28.4 Å². The summed E-state index contributed by atoms with van der Waals surface area (Å²) in [6, 6.07) is 9.37. The molecule has 1 heterocycles. The molecule has 0 radical (unpaired) electrons. The van der Waals surface area contributed by atoms with Crippen molar-refractivity contribution in [1.82, 2.24) is 19.8 Å². The van der Waals surface area contributed by atoms with Crippen molar-refractivity contribution in [2.45, 2.75) is 12.5 Å². The molecule has 0 fully saturated rings. The second-order valence-electron chi connectivity index (χ2n) is 5.94. The van der Waals surface area contributed by atoms with Gasteiger partial charge in [0, 0.05) is 13.2 Å². The van der Waals surface area contributed by atoms with Crippen LogP contribution in [0.25, 0.3) is 0 Å². The summed E-state index contributed by atoms with van der Waals surface area (Å²) in [5, 5.41) is 2.89. The van der Waals surface area contributed by atoms with Crippen LogP contribution in [0.5, 0.6) is 0 Å². The fourth-order valence-electron chi connectivity index (χ4n) is 2.36. The Morgan fingerprint density at radius 3 is 2.54 bits per heavy atom. The Morgan fingerprint density at radius 1 is 1.25 bits per heavy atom. The third-order valence-electron chi connectivity index (χ3n) is 3.73. The van der Waals surface area contributed by atoms with Crippen LogP contribution < -0.4 is 16.6 Å². The first kappa shape index (κ1) is 17.7. The Kier molecular flexibility index (Phi) is 5.70. The number of aryl methyl sites for hydroxylation is 1. The maximum absolute atomic E-state index is 12.5. The molecule has 2 N–H and O–H groups in total. The standard InChI is InChI=1S/C17H22N4O3/c1-20(2)10-9-14(12-7-5-4-6-8-12)18-15(22)13-11-21(3)17(24)19-16(13)23/h4-8,11,14H,9-10H2,1-3H3,(H,18,22)(H,19,23,24). The van der Waals surface area contributed by atoms with E-state index in [1.54, 1.807) is 0 Å². The molecule has 24 heavy (non-hydrogen) atoms. The zero-order chi connectivity index (χ0) is 17.7. The van der Waals surface area contributed by atoms with Gasteiger partial charge < -0.3 is 14.8 Å². The molecule has 0 aliphatic carbocycles. The lowest BCUT2D eigenvalue weighted by Crippen LogP contribution is -2.38. The van der Waals surface area contributed by atoms with Gasteiger partial charge in [-0.05, 0) is 32.6 Å². The molecule has 7 heteroatoms. The molecular formula is C17H22N4O3. The molecule has 1 aromatic heterocycles. The van der Waals surface area contributed by atoms with Crippen LogP contribution in [-0.2, 0) is 7.05 Å². The van der Waals surface area contributed by atoms with E-state index in [1.165, 1.54) is 17.8 Å². The predicted octanol–water partition coefficient (Wildman–Crippen LogP) is 0.496. The number of nitrogens with zero attached hydrogens (tertiary/aromatic N) is 2. The smallest absolute Gasteiger partial charge is 0.328 e. The highest BCUT2D eigenvalue weighted by molar-refractivity contribution is 5.93. The fourth-order valence-corrected chi connectivity index (χ4v) is 2.36. The molecule has 128 valence electrons. The summed E-state index contributed by atoms with van der Waals surface area (Å²) >= 11 is 0. The average Bonchev–Trinajstić information content (AvgIpc) is 2.55. The first-order valence-corrected chi connectivity index (χ1v) is 7.69. The highest BCUT2D eigenvalue weighted by Gasteiger charge is 2.18. The second-order valence-corrected chi connectivity index (χ2v) is 5.94. The minimum absolute atomic E-state index is 0.0807. The third kappa shape index (κ3) is 4.42. The van der Waals surface area contributed by atoms with E-state index in [1.807, 2.05) is 49.3 Å².